The number of hydrogen-bond donors (Lipinski definition) is 2. The summed E-state index contributed by atoms with van der Waals surface area (Å²) in [6.45, 7) is 3.81. The van der Waals surface area contributed by atoms with Crippen LogP contribution in [-0.2, 0) is 16.0 Å². The highest BCUT2D eigenvalue weighted by Gasteiger charge is 2.19. The van der Waals surface area contributed by atoms with Gasteiger partial charge in [0.15, 0.2) is 6.61 Å². The van der Waals surface area contributed by atoms with Crippen LogP contribution in [0.3, 0.4) is 0 Å². The van der Waals surface area contributed by atoms with E-state index in [1.54, 1.807) is 6.07 Å². The van der Waals surface area contributed by atoms with E-state index < -0.39 is 17.9 Å². The summed E-state index contributed by atoms with van der Waals surface area (Å²) in [5, 5.41) is 11.6. The van der Waals surface area contributed by atoms with Gasteiger partial charge in [0.05, 0.1) is 0 Å². The van der Waals surface area contributed by atoms with Gasteiger partial charge >= 0.3 is 5.97 Å². The van der Waals surface area contributed by atoms with E-state index in [2.05, 4.69) is 5.32 Å². The van der Waals surface area contributed by atoms with Crippen molar-refractivity contribution in [1.29, 1.82) is 0 Å². The van der Waals surface area contributed by atoms with Crippen LogP contribution < -0.4 is 10.1 Å². The molecule has 0 spiro atoms. The third-order valence-corrected chi connectivity index (χ3v) is 3.19. The molecule has 0 unspecified atom stereocenters. The molecule has 1 aromatic carbocycles. The molecule has 0 aliphatic heterocycles. The van der Waals surface area contributed by atoms with E-state index in [1.165, 1.54) is 0 Å². The lowest BCUT2D eigenvalue weighted by Gasteiger charge is -2.15. The van der Waals surface area contributed by atoms with Gasteiger partial charge in [-0.3, -0.25) is 4.79 Å². The summed E-state index contributed by atoms with van der Waals surface area (Å²) in [5.74, 6) is -0.759. The maximum atomic E-state index is 11.8. The number of unbranched alkanes of at least 4 members (excludes halogenated alkanes) is 1. The number of carbonyl (C=O) groups is 2. The van der Waals surface area contributed by atoms with Crippen LogP contribution in [0.15, 0.2) is 24.3 Å². The molecule has 0 aliphatic carbocycles. The highest BCUT2D eigenvalue weighted by atomic mass is 16.5. The number of para-hydroxylation sites is 1. The number of rotatable bonds is 9. The summed E-state index contributed by atoms with van der Waals surface area (Å²) in [4.78, 5) is 22.9. The number of carboxylic acids is 1. The Kier molecular flexibility index (Phi) is 7.29. The zero-order chi connectivity index (χ0) is 15.7. The molecular weight excluding hydrogens is 270 g/mol. The first-order valence-electron chi connectivity index (χ1n) is 7.31. The minimum atomic E-state index is -1.01. The van der Waals surface area contributed by atoms with Gasteiger partial charge in [0, 0.05) is 0 Å². The molecule has 21 heavy (non-hydrogen) atoms. The Morgan fingerprint density at radius 3 is 2.62 bits per heavy atom. The van der Waals surface area contributed by atoms with Gasteiger partial charge in [-0.25, -0.2) is 4.79 Å². The molecule has 0 radical (unpaired) electrons. The van der Waals surface area contributed by atoms with Crippen LogP contribution in [0.4, 0.5) is 0 Å². The first-order valence-corrected chi connectivity index (χ1v) is 7.31. The summed E-state index contributed by atoms with van der Waals surface area (Å²) >= 11 is 0. The molecule has 5 nitrogen and oxygen atoms in total. The molecule has 1 amide bonds. The van der Waals surface area contributed by atoms with Crippen LogP contribution in [0.2, 0.25) is 0 Å². The van der Waals surface area contributed by atoms with Crippen molar-refractivity contribution in [2.24, 2.45) is 0 Å². The quantitative estimate of drug-likeness (QED) is 0.733. The molecule has 1 aromatic rings. The van der Waals surface area contributed by atoms with E-state index in [-0.39, 0.29) is 6.61 Å². The van der Waals surface area contributed by atoms with E-state index in [4.69, 9.17) is 9.84 Å². The molecule has 2 N–H and O–H groups in total. The van der Waals surface area contributed by atoms with Crippen molar-refractivity contribution in [3.63, 3.8) is 0 Å². The Morgan fingerprint density at radius 1 is 1.29 bits per heavy atom. The third-order valence-electron chi connectivity index (χ3n) is 3.19. The topological polar surface area (TPSA) is 75.6 Å². The average molecular weight is 293 g/mol. The number of hydrogen-bond acceptors (Lipinski definition) is 3. The second-order valence-electron chi connectivity index (χ2n) is 4.85. The number of nitrogens with one attached hydrogen (secondary N) is 1. The molecule has 0 saturated carbocycles. The number of carboxylic acid groups (broad SMARTS) is 1. The van der Waals surface area contributed by atoms with Crippen LogP contribution >= 0.6 is 0 Å². The zero-order valence-corrected chi connectivity index (χ0v) is 12.6. The van der Waals surface area contributed by atoms with Crippen LogP contribution in [0, 0.1) is 0 Å². The molecule has 5 heteroatoms. The van der Waals surface area contributed by atoms with Crippen molar-refractivity contribution in [3.05, 3.63) is 29.8 Å². The van der Waals surface area contributed by atoms with E-state index in [9.17, 15) is 9.59 Å². The predicted octanol–water partition coefficient (Wildman–Crippen LogP) is 2.39. The summed E-state index contributed by atoms with van der Waals surface area (Å²) in [6, 6.07) is 6.65. The lowest BCUT2D eigenvalue weighted by atomic mass is 10.1. The molecule has 0 saturated heterocycles. The van der Waals surface area contributed by atoms with E-state index in [1.807, 2.05) is 32.0 Å². The van der Waals surface area contributed by atoms with Gasteiger partial charge in [-0.1, -0.05) is 44.9 Å². The lowest BCUT2D eigenvalue weighted by molar-refractivity contribution is -0.142. The SMILES string of the molecule is CCCC[C@H](NC(=O)COc1ccccc1CC)C(=O)O. The van der Waals surface area contributed by atoms with Crippen molar-refractivity contribution >= 4 is 11.9 Å². The normalized spacial score (nSPS) is 11.7. The number of ether oxygens (including phenoxy) is 1. The number of aryl methyl sites for hydroxylation is 1. The third kappa shape index (κ3) is 5.85. The van der Waals surface area contributed by atoms with Gasteiger partial charge in [0.25, 0.3) is 5.91 Å². The Bertz CT molecular complexity index is 473. The molecule has 1 atom stereocenters. The highest BCUT2D eigenvalue weighted by Crippen LogP contribution is 2.17. The van der Waals surface area contributed by atoms with Crippen molar-refractivity contribution in [3.8, 4) is 5.75 Å². The molecule has 0 bridgehead atoms. The Hall–Kier alpha value is -2.04. The summed E-state index contributed by atoms with van der Waals surface area (Å²) < 4.78 is 5.47. The largest absolute Gasteiger partial charge is 0.483 e. The van der Waals surface area contributed by atoms with Crippen LogP contribution in [0.1, 0.15) is 38.7 Å². The number of aliphatic carboxylic acids is 1. The molecule has 0 aliphatic rings. The van der Waals surface area contributed by atoms with Crippen LogP contribution in [0.5, 0.6) is 5.75 Å². The molecule has 0 fully saturated rings. The van der Waals surface area contributed by atoms with Crippen molar-refractivity contribution in [2.45, 2.75) is 45.6 Å². The first kappa shape index (κ1) is 17.0. The molecule has 0 aromatic heterocycles. The summed E-state index contributed by atoms with van der Waals surface area (Å²) in [5.41, 5.74) is 1.02. The number of benzene rings is 1. The van der Waals surface area contributed by atoms with Crippen LogP contribution in [0.25, 0.3) is 0 Å². The minimum absolute atomic E-state index is 0.174. The summed E-state index contributed by atoms with van der Waals surface area (Å²) in [7, 11) is 0. The fourth-order valence-corrected chi connectivity index (χ4v) is 1.98. The van der Waals surface area contributed by atoms with Gasteiger partial charge in [-0.2, -0.15) is 0 Å². The van der Waals surface area contributed by atoms with Gasteiger partial charge in [0.1, 0.15) is 11.8 Å². The number of amides is 1. The zero-order valence-electron chi connectivity index (χ0n) is 12.6. The highest BCUT2D eigenvalue weighted by molar-refractivity contribution is 5.84. The van der Waals surface area contributed by atoms with Gasteiger partial charge in [-0.15, -0.1) is 0 Å². The predicted molar refractivity (Wildman–Crippen MR) is 80.4 cm³/mol. The molecule has 0 heterocycles. The van der Waals surface area contributed by atoms with Gasteiger partial charge < -0.3 is 15.2 Å². The van der Waals surface area contributed by atoms with Crippen molar-refractivity contribution in [1.82, 2.24) is 5.32 Å². The smallest absolute Gasteiger partial charge is 0.326 e. The maximum Gasteiger partial charge on any atom is 0.326 e. The Balaban J connectivity index is 2.50. The minimum Gasteiger partial charge on any atom is -0.483 e. The standard InChI is InChI=1S/C16H23NO4/c1-3-5-9-13(16(19)20)17-15(18)11-21-14-10-7-6-8-12(14)4-2/h6-8,10,13H,3-5,9,11H2,1-2H3,(H,17,18)(H,19,20)/t13-/m0/s1. The fourth-order valence-electron chi connectivity index (χ4n) is 1.98. The molecular formula is C16H23NO4. The van der Waals surface area contributed by atoms with Gasteiger partial charge in [-0.05, 0) is 24.5 Å². The molecule has 116 valence electrons. The monoisotopic (exact) mass is 293 g/mol. The van der Waals surface area contributed by atoms with Crippen molar-refractivity contribution < 1.29 is 19.4 Å². The van der Waals surface area contributed by atoms with E-state index in [0.717, 1.165) is 24.8 Å². The fraction of sp³-hybridized carbons (Fsp3) is 0.500. The maximum absolute atomic E-state index is 11.8. The number of carbonyl (C=O) groups excluding carboxylic acids is 1. The summed E-state index contributed by atoms with van der Waals surface area (Å²) in [6.07, 6.45) is 2.89. The average Bonchev–Trinajstić information content (AvgIpc) is 2.49. The second kappa shape index (κ2) is 9.00. The lowest BCUT2D eigenvalue weighted by Crippen LogP contribution is -2.42. The Labute approximate surface area is 125 Å². The van der Waals surface area contributed by atoms with Crippen molar-refractivity contribution in [2.75, 3.05) is 6.61 Å². The van der Waals surface area contributed by atoms with Crippen LogP contribution in [-0.4, -0.2) is 29.6 Å². The molecule has 1 rings (SSSR count). The second-order valence-corrected chi connectivity index (χ2v) is 4.85. The van der Waals surface area contributed by atoms with E-state index >= 15 is 0 Å². The first-order chi connectivity index (χ1) is 10.1. The Morgan fingerprint density at radius 2 is 2.00 bits per heavy atom. The van der Waals surface area contributed by atoms with E-state index in [0.29, 0.717) is 12.2 Å². The van der Waals surface area contributed by atoms with Gasteiger partial charge in [0.2, 0.25) is 0 Å².